The molecule has 0 spiro atoms. The van der Waals surface area contributed by atoms with E-state index in [1.54, 1.807) is 31.2 Å². The Hall–Kier alpha value is -4.50. The lowest BCUT2D eigenvalue weighted by Crippen LogP contribution is -2.41. The number of benzene rings is 1. The quantitative estimate of drug-likeness (QED) is 0.143. The van der Waals surface area contributed by atoms with Crippen LogP contribution in [0.4, 0.5) is 29.9 Å². The number of carbonyl (C=O) groups is 3. The number of alkyl halides is 2. The van der Waals surface area contributed by atoms with E-state index >= 15 is 0 Å². The van der Waals surface area contributed by atoms with Gasteiger partial charge in [-0.3, -0.25) is 24.5 Å². The third-order valence-electron chi connectivity index (χ3n) is 8.09. The van der Waals surface area contributed by atoms with Crippen LogP contribution in [0.1, 0.15) is 44.4 Å². The highest BCUT2D eigenvalue weighted by Crippen LogP contribution is 2.42. The summed E-state index contributed by atoms with van der Waals surface area (Å²) in [4.78, 5) is 53.4. The van der Waals surface area contributed by atoms with Crippen LogP contribution in [0.25, 0.3) is 0 Å². The summed E-state index contributed by atoms with van der Waals surface area (Å²) in [6.07, 6.45) is -2.52. The lowest BCUT2D eigenvalue weighted by molar-refractivity contribution is -0.140. The molecule has 2 heterocycles. The monoisotopic (exact) mass is 729 g/mol. The normalized spacial score (nSPS) is 25.4. The van der Waals surface area contributed by atoms with Crippen molar-refractivity contribution in [1.29, 1.82) is 0 Å². The zero-order valence-electron chi connectivity index (χ0n) is 26.7. The molecule has 3 amide bonds. The number of amides is 3. The Morgan fingerprint density at radius 1 is 1.12 bits per heavy atom. The van der Waals surface area contributed by atoms with Gasteiger partial charge < -0.3 is 29.7 Å². The first-order valence-electron chi connectivity index (χ1n) is 15.3. The van der Waals surface area contributed by atoms with E-state index < -0.39 is 76.2 Å². The standard InChI is InChI=1S/C30H37F2N5O12S/c1-29(24(40)33-13-15-50(44,45)46)11-3-2-4-20(9-12-29)48-28(43)34-19-7-5-18(6-8-19)17-47-27(42)36-22-10-14-37(26(41)35-22)25-30(31,32)23(39)21(16-38)49-25/h2,4-8,10,14,20-21,23,25,38-39H,3,9,11-13,15-17H2,1H3,(H,33,40)(H,34,43)(H,44,45,46)(H,35,36,41,42)/b4-2+/t20-,21+,23+,25+,29+/m0/s1. The van der Waals surface area contributed by atoms with Crippen LogP contribution in [0.3, 0.4) is 0 Å². The predicted octanol–water partition coefficient (Wildman–Crippen LogP) is 1.94. The highest BCUT2D eigenvalue weighted by Gasteiger charge is 2.59. The molecule has 1 aliphatic heterocycles. The number of carbonyl (C=O) groups excluding carboxylic acids is 3. The molecule has 50 heavy (non-hydrogen) atoms. The van der Waals surface area contributed by atoms with Crippen molar-refractivity contribution in [2.75, 3.05) is 29.5 Å². The van der Waals surface area contributed by atoms with Crippen LogP contribution in [0, 0.1) is 5.41 Å². The molecule has 1 saturated heterocycles. The molecule has 20 heteroatoms. The molecule has 2 aromatic rings. The first-order valence-corrected chi connectivity index (χ1v) is 16.9. The Morgan fingerprint density at radius 3 is 2.48 bits per heavy atom. The average Bonchev–Trinajstić information content (AvgIpc) is 3.27. The van der Waals surface area contributed by atoms with E-state index in [0.29, 0.717) is 41.5 Å². The molecule has 2 aliphatic rings. The average molecular weight is 730 g/mol. The molecule has 1 aromatic carbocycles. The third-order valence-corrected chi connectivity index (χ3v) is 8.81. The molecule has 4 rings (SSSR count). The number of aromatic nitrogens is 2. The Labute approximate surface area is 284 Å². The highest BCUT2D eigenvalue weighted by molar-refractivity contribution is 7.85. The van der Waals surface area contributed by atoms with Crippen molar-refractivity contribution in [3.8, 4) is 0 Å². The minimum Gasteiger partial charge on any atom is -0.444 e. The molecule has 6 N–H and O–H groups in total. The summed E-state index contributed by atoms with van der Waals surface area (Å²) in [7, 11) is -4.21. The van der Waals surface area contributed by atoms with Crippen LogP contribution in [-0.4, -0.2) is 94.0 Å². The summed E-state index contributed by atoms with van der Waals surface area (Å²) in [5.41, 5.74) is -1.20. The smallest absolute Gasteiger partial charge is 0.413 e. The molecule has 0 saturated carbocycles. The zero-order valence-corrected chi connectivity index (χ0v) is 27.5. The summed E-state index contributed by atoms with van der Waals surface area (Å²) in [5.74, 6) is -5.17. The van der Waals surface area contributed by atoms with E-state index in [1.807, 2.05) is 0 Å². The molecule has 1 aromatic heterocycles. The van der Waals surface area contributed by atoms with Gasteiger partial charge in [-0.15, -0.1) is 0 Å². The molecule has 1 aliphatic carbocycles. The lowest BCUT2D eigenvalue weighted by atomic mass is 9.78. The van der Waals surface area contributed by atoms with Gasteiger partial charge in [0.15, 0.2) is 6.10 Å². The number of rotatable bonds is 11. The number of hydrogen-bond acceptors (Lipinski definition) is 12. The second-order valence-electron chi connectivity index (χ2n) is 11.9. The number of nitrogens with one attached hydrogen (secondary N) is 3. The first-order chi connectivity index (χ1) is 23.5. The van der Waals surface area contributed by atoms with Gasteiger partial charge in [0.1, 0.15) is 24.6 Å². The van der Waals surface area contributed by atoms with E-state index in [4.69, 9.17) is 23.9 Å². The molecule has 0 unspecified atom stereocenters. The number of anilines is 2. The Morgan fingerprint density at radius 2 is 1.84 bits per heavy atom. The number of ether oxygens (including phenoxy) is 3. The molecule has 17 nitrogen and oxygen atoms in total. The SMILES string of the molecule is C[C@@]1(C(=O)NCCS(=O)(=O)O)CC/C=C/[C@H](OC(=O)Nc2ccc(COC(=O)Nc3ccn([C@@H]4O[C@H](CO)[C@@H](O)C4(F)F)c(=O)n3)cc2)CC1. The van der Waals surface area contributed by atoms with Crippen molar-refractivity contribution in [3.05, 3.63) is 64.7 Å². The third kappa shape index (κ3) is 10.0. The topological polar surface area (TPSA) is 245 Å². The fourth-order valence-electron chi connectivity index (χ4n) is 5.20. The lowest BCUT2D eigenvalue weighted by Gasteiger charge is -2.30. The van der Waals surface area contributed by atoms with Gasteiger partial charge in [-0.25, -0.2) is 14.4 Å². The number of hydrogen-bond donors (Lipinski definition) is 6. The molecule has 1 fully saturated rings. The van der Waals surface area contributed by atoms with Crippen molar-refractivity contribution in [2.24, 2.45) is 5.41 Å². The minimum atomic E-state index is -4.21. The van der Waals surface area contributed by atoms with Gasteiger partial charge in [0, 0.05) is 23.8 Å². The molecular weight excluding hydrogens is 692 g/mol. The summed E-state index contributed by atoms with van der Waals surface area (Å²) >= 11 is 0. The van der Waals surface area contributed by atoms with Gasteiger partial charge in [0.25, 0.3) is 10.1 Å². The Balaban J connectivity index is 1.22. The van der Waals surface area contributed by atoms with Gasteiger partial charge in [-0.2, -0.15) is 22.2 Å². The fraction of sp³-hybridized carbons (Fsp3) is 0.500. The van der Waals surface area contributed by atoms with Crippen molar-refractivity contribution < 1.29 is 60.6 Å². The summed E-state index contributed by atoms with van der Waals surface area (Å²) in [6.45, 7) is 0.371. The molecule has 0 radical (unpaired) electrons. The number of aliphatic hydroxyl groups is 2. The number of allylic oxidation sites excluding steroid dienone is 1. The summed E-state index contributed by atoms with van der Waals surface area (Å²) in [6, 6.07) is 7.21. The van der Waals surface area contributed by atoms with E-state index in [1.165, 1.54) is 12.1 Å². The predicted molar refractivity (Wildman–Crippen MR) is 170 cm³/mol. The van der Waals surface area contributed by atoms with Crippen LogP contribution in [0.15, 0.2) is 53.5 Å². The van der Waals surface area contributed by atoms with E-state index in [0.717, 1.165) is 12.3 Å². The molecule has 5 atom stereocenters. The molecular formula is C30H37F2N5O12S. The van der Waals surface area contributed by atoms with Crippen LogP contribution in [-0.2, 0) is 35.7 Å². The van der Waals surface area contributed by atoms with E-state index in [9.17, 15) is 41.5 Å². The van der Waals surface area contributed by atoms with Crippen LogP contribution >= 0.6 is 0 Å². The van der Waals surface area contributed by atoms with Gasteiger partial charge in [0.05, 0.1) is 12.4 Å². The number of halogens is 2. The zero-order chi connectivity index (χ0) is 36.7. The maximum atomic E-state index is 14.4. The second kappa shape index (κ2) is 16.0. The summed E-state index contributed by atoms with van der Waals surface area (Å²) in [5, 5.41) is 26.1. The molecule has 0 bridgehead atoms. The second-order valence-corrected chi connectivity index (χ2v) is 13.5. The Bertz CT molecular complexity index is 1740. The van der Waals surface area contributed by atoms with Crippen molar-refractivity contribution in [2.45, 2.75) is 69.7 Å². The van der Waals surface area contributed by atoms with Crippen LogP contribution in [0.2, 0.25) is 0 Å². The van der Waals surface area contributed by atoms with Crippen molar-refractivity contribution in [1.82, 2.24) is 14.9 Å². The number of nitrogens with zero attached hydrogens (tertiary/aromatic N) is 2. The van der Waals surface area contributed by atoms with E-state index in [2.05, 4.69) is 20.9 Å². The van der Waals surface area contributed by atoms with Gasteiger partial charge in [-0.1, -0.05) is 25.1 Å². The highest BCUT2D eigenvalue weighted by atomic mass is 32.2. The first kappa shape index (κ1) is 38.3. The maximum absolute atomic E-state index is 14.4. The van der Waals surface area contributed by atoms with Crippen molar-refractivity contribution in [3.63, 3.8) is 0 Å². The largest absolute Gasteiger partial charge is 0.444 e. The minimum absolute atomic E-state index is 0.231. The number of aliphatic hydroxyl groups excluding tert-OH is 2. The van der Waals surface area contributed by atoms with Gasteiger partial charge >= 0.3 is 23.8 Å². The van der Waals surface area contributed by atoms with E-state index in [-0.39, 0.29) is 24.9 Å². The van der Waals surface area contributed by atoms with Crippen LogP contribution in [0.5, 0.6) is 0 Å². The van der Waals surface area contributed by atoms with Crippen molar-refractivity contribution >= 4 is 39.7 Å². The maximum Gasteiger partial charge on any atom is 0.413 e. The Kier molecular flexibility index (Phi) is 12.3. The van der Waals surface area contributed by atoms with Crippen LogP contribution < -0.4 is 21.6 Å². The molecule has 274 valence electrons. The van der Waals surface area contributed by atoms with Gasteiger partial charge in [-0.05, 0) is 55.5 Å². The fourth-order valence-corrected chi connectivity index (χ4v) is 5.56. The van der Waals surface area contributed by atoms with Gasteiger partial charge in [0.2, 0.25) is 12.1 Å². The summed E-state index contributed by atoms with van der Waals surface area (Å²) < 4.78 is 75.4.